The second kappa shape index (κ2) is 22.8. The molecule has 0 bridgehead atoms. The normalized spacial score (nSPS) is 4.50. The fourth-order valence-electron chi connectivity index (χ4n) is 0. The van der Waals surface area contributed by atoms with Crippen molar-refractivity contribution in [3.05, 3.63) is 0 Å². The molecule has 0 aliphatic rings. The molecule has 0 nitrogen and oxygen atoms in total. The Morgan fingerprint density at radius 1 is 0.750 bits per heavy atom. The first-order valence-electron chi connectivity index (χ1n) is 0.655. The average Bonchev–Trinajstić information content (AvgIpc) is 0.811. The molecule has 0 radical (unpaired) electrons. The molecular formula is CHAlCl6. The van der Waals surface area contributed by atoms with E-state index in [0.717, 1.165) is 0 Å². The summed E-state index contributed by atoms with van der Waals surface area (Å²) in [6, 6.07) is 0. The molecule has 0 saturated carbocycles. The van der Waals surface area contributed by atoms with Crippen LogP contribution in [0.4, 0.5) is 0 Å². The Morgan fingerprint density at radius 3 is 0.750 bits per heavy atom. The van der Waals surface area contributed by atoms with Crippen LogP contribution in [0.25, 0.3) is 0 Å². The van der Waals surface area contributed by atoms with Crippen LogP contribution in [-0.2, 0) is 0 Å². The standard InChI is InChI=1S/CHCl3.Al.3ClH/c2-1(3)4;;;;/h1H;;3*1H/q;+3;;;/p-3. The Balaban J connectivity index is -0.00000000750. The van der Waals surface area contributed by atoms with Crippen LogP contribution >= 0.6 is 34.8 Å². The largest absolute Gasteiger partial charge is 3.00 e. The third-order valence-corrected chi connectivity index (χ3v) is 0. The van der Waals surface area contributed by atoms with Crippen molar-refractivity contribution in [2.24, 2.45) is 0 Å². The van der Waals surface area contributed by atoms with E-state index in [0.29, 0.717) is 0 Å². The van der Waals surface area contributed by atoms with Crippen LogP contribution in [0.1, 0.15) is 0 Å². The van der Waals surface area contributed by atoms with Gasteiger partial charge in [0.1, 0.15) is 0 Å². The van der Waals surface area contributed by atoms with Gasteiger partial charge < -0.3 is 37.2 Å². The molecule has 0 unspecified atom stereocenters. The molecule has 0 N–H and O–H groups in total. The number of hydrogen-bond acceptors (Lipinski definition) is 0. The second-order valence-electron chi connectivity index (χ2n) is 0.247. The molecule has 7 heteroatoms. The maximum Gasteiger partial charge on any atom is 3.00 e. The topological polar surface area (TPSA) is 0 Å². The smallest absolute Gasteiger partial charge is 1.00 e. The van der Waals surface area contributed by atoms with E-state index in [1.165, 1.54) is 0 Å². The summed E-state index contributed by atoms with van der Waals surface area (Å²) in [6.45, 7) is 0. The van der Waals surface area contributed by atoms with E-state index in [-0.39, 0.29) is 54.6 Å². The molecule has 0 saturated heterocycles. The molecular weight excluding hydrogens is 252 g/mol. The van der Waals surface area contributed by atoms with Crippen LogP contribution in [-0.4, -0.2) is 21.7 Å². The Morgan fingerprint density at radius 2 is 0.750 bits per heavy atom. The molecule has 0 aromatic rings. The van der Waals surface area contributed by atoms with Gasteiger partial charge >= 0.3 is 17.4 Å². The maximum absolute atomic E-state index is 4.81. The summed E-state index contributed by atoms with van der Waals surface area (Å²) < 4.78 is -0.750. The van der Waals surface area contributed by atoms with Gasteiger partial charge in [-0.1, -0.05) is 34.8 Å². The molecule has 0 aromatic carbocycles. The molecule has 8 heavy (non-hydrogen) atoms. The maximum atomic E-state index is 4.81. The van der Waals surface area contributed by atoms with Gasteiger partial charge in [-0.05, 0) is 0 Å². The average molecular weight is 253 g/mol. The predicted octanol–water partition coefficient (Wildman–Crippen LogP) is -7.38. The van der Waals surface area contributed by atoms with Gasteiger partial charge in [0, 0.05) is 0 Å². The van der Waals surface area contributed by atoms with Crippen molar-refractivity contribution in [2.45, 2.75) is 4.30 Å². The van der Waals surface area contributed by atoms with Crippen LogP contribution < -0.4 is 37.2 Å². The number of halogens is 6. The van der Waals surface area contributed by atoms with Gasteiger partial charge in [0.05, 0.1) is 0 Å². The Labute approximate surface area is 93.0 Å². The van der Waals surface area contributed by atoms with Gasteiger partial charge in [0.25, 0.3) is 0 Å². The quantitative estimate of drug-likeness (QED) is 0.297. The first-order chi connectivity index (χ1) is 1.73. The molecule has 0 aliphatic heterocycles. The van der Waals surface area contributed by atoms with Crippen LogP contribution in [0.5, 0.6) is 0 Å². The molecule has 0 aliphatic carbocycles. The summed E-state index contributed by atoms with van der Waals surface area (Å²) in [5.41, 5.74) is 0. The third kappa shape index (κ3) is 84.7. The molecule has 0 aromatic heterocycles. The third-order valence-electron chi connectivity index (χ3n) is 0. The van der Waals surface area contributed by atoms with Gasteiger partial charge in [0.2, 0.25) is 0 Å². The number of rotatable bonds is 0. The fraction of sp³-hybridized carbons (Fsp3) is 1.00. The molecule has 0 rings (SSSR count). The Bertz CT molecular complexity index is 13.2. The summed E-state index contributed by atoms with van der Waals surface area (Å²) in [6.07, 6.45) is 0. The molecule has 0 spiro atoms. The van der Waals surface area contributed by atoms with Crippen molar-refractivity contribution in [2.75, 3.05) is 0 Å². The summed E-state index contributed by atoms with van der Waals surface area (Å²) in [4.78, 5) is 0. The van der Waals surface area contributed by atoms with Gasteiger partial charge in [-0.2, -0.15) is 0 Å². The monoisotopic (exact) mass is 250 g/mol. The van der Waals surface area contributed by atoms with Crippen molar-refractivity contribution in [3.8, 4) is 0 Å². The zero-order chi connectivity index (χ0) is 3.58. The summed E-state index contributed by atoms with van der Waals surface area (Å²) in [7, 11) is 0. The van der Waals surface area contributed by atoms with E-state index in [2.05, 4.69) is 0 Å². The zero-order valence-corrected chi connectivity index (χ0v) is 9.11. The van der Waals surface area contributed by atoms with Crippen molar-refractivity contribution in [1.29, 1.82) is 0 Å². The minimum absolute atomic E-state index is 0. The van der Waals surface area contributed by atoms with Crippen molar-refractivity contribution >= 4 is 52.2 Å². The zero-order valence-electron chi connectivity index (χ0n) is 3.42. The SMILES string of the molecule is ClC(Cl)Cl.[Al+3].[Cl-].[Cl-].[Cl-]. The van der Waals surface area contributed by atoms with Gasteiger partial charge in [-0.3, -0.25) is 0 Å². The van der Waals surface area contributed by atoms with Crippen molar-refractivity contribution in [1.82, 2.24) is 0 Å². The van der Waals surface area contributed by atoms with Gasteiger partial charge in [-0.25, -0.2) is 0 Å². The predicted molar refractivity (Wildman–Crippen MR) is 27.1 cm³/mol. The Hall–Kier alpha value is 2.27. The molecule has 0 amide bonds. The molecule has 0 fully saturated rings. The second-order valence-corrected chi connectivity index (χ2v) is 2.23. The van der Waals surface area contributed by atoms with E-state index < -0.39 is 4.30 Å². The van der Waals surface area contributed by atoms with Crippen molar-refractivity contribution in [3.63, 3.8) is 0 Å². The van der Waals surface area contributed by atoms with E-state index in [1.54, 1.807) is 0 Å². The first kappa shape index (κ1) is 31.8. The van der Waals surface area contributed by atoms with Crippen LogP contribution in [0, 0.1) is 0 Å². The van der Waals surface area contributed by atoms with Crippen molar-refractivity contribution < 1.29 is 37.2 Å². The summed E-state index contributed by atoms with van der Waals surface area (Å²) in [5, 5.41) is 0. The molecule has 0 heterocycles. The Kier molecular flexibility index (Phi) is 90.7. The number of hydrogen-bond donors (Lipinski definition) is 0. The summed E-state index contributed by atoms with van der Waals surface area (Å²) in [5.74, 6) is 0. The van der Waals surface area contributed by atoms with E-state index in [1.807, 2.05) is 0 Å². The van der Waals surface area contributed by atoms with Crippen LogP contribution in [0.3, 0.4) is 0 Å². The van der Waals surface area contributed by atoms with Gasteiger partial charge in [0.15, 0.2) is 4.30 Å². The molecule has 0 atom stereocenters. The number of alkyl halides is 3. The minimum Gasteiger partial charge on any atom is -1.00 e. The van der Waals surface area contributed by atoms with Crippen LogP contribution in [0.2, 0.25) is 0 Å². The molecule has 50 valence electrons. The van der Waals surface area contributed by atoms with Gasteiger partial charge in [-0.15, -0.1) is 0 Å². The summed E-state index contributed by atoms with van der Waals surface area (Å²) >= 11 is 14.4. The van der Waals surface area contributed by atoms with E-state index in [4.69, 9.17) is 34.8 Å². The fourth-order valence-corrected chi connectivity index (χ4v) is 0. The van der Waals surface area contributed by atoms with Crippen LogP contribution in [0.15, 0.2) is 0 Å². The van der Waals surface area contributed by atoms with E-state index >= 15 is 0 Å². The minimum atomic E-state index is -0.750. The first-order valence-corrected chi connectivity index (χ1v) is 1.96. The van der Waals surface area contributed by atoms with E-state index in [9.17, 15) is 0 Å².